The molecule has 1 heterocycles. The summed E-state index contributed by atoms with van der Waals surface area (Å²) in [6.45, 7) is 0.537. The van der Waals surface area contributed by atoms with Crippen LogP contribution in [-0.4, -0.2) is 25.4 Å². The van der Waals surface area contributed by atoms with Crippen LogP contribution >= 0.6 is 0 Å². The number of rotatable bonds is 6. The Hall–Kier alpha value is -1.43. The summed E-state index contributed by atoms with van der Waals surface area (Å²) in [5.74, 6) is -0.134. The van der Waals surface area contributed by atoms with E-state index in [9.17, 15) is 9.50 Å². The van der Waals surface area contributed by atoms with Gasteiger partial charge < -0.3 is 20.0 Å². The Balaban J connectivity index is 2.41. The Labute approximate surface area is 111 Å². The summed E-state index contributed by atoms with van der Waals surface area (Å²) in [6, 6.07) is 6.31. The standard InChI is InChI=1S/C14H18FNO3/c1-18-9-14(17,6-3-7-16)12-8-10-4-2-5-11(15)13(10)19-12/h2,4-5,8,17H,3,6-7,9,16H2,1H3. The van der Waals surface area contributed by atoms with E-state index in [-0.39, 0.29) is 12.2 Å². The largest absolute Gasteiger partial charge is 0.455 e. The highest BCUT2D eigenvalue weighted by molar-refractivity contribution is 5.78. The van der Waals surface area contributed by atoms with E-state index in [0.29, 0.717) is 30.5 Å². The number of benzene rings is 1. The van der Waals surface area contributed by atoms with Crippen molar-refractivity contribution in [2.24, 2.45) is 5.73 Å². The molecule has 1 atom stereocenters. The highest BCUT2D eigenvalue weighted by Crippen LogP contribution is 2.32. The summed E-state index contributed by atoms with van der Waals surface area (Å²) < 4.78 is 24.1. The molecule has 2 aromatic rings. The number of fused-ring (bicyclic) bond motifs is 1. The molecule has 0 aliphatic heterocycles. The Morgan fingerprint density at radius 2 is 2.26 bits per heavy atom. The van der Waals surface area contributed by atoms with Gasteiger partial charge >= 0.3 is 0 Å². The van der Waals surface area contributed by atoms with E-state index >= 15 is 0 Å². The number of halogens is 1. The summed E-state index contributed by atoms with van der Waals surface area (Å²) in [6.07, 6.45) is 1.03. The Morgan fingerprint density at radius 3 is 2.89 bits per heavy atom. The molecule has 4 nitrogen and oxygen atoms in total. The minimum absolute atomic E-state index is 0.0778. The molecule has 0 spiro atoms. The van der Waals surface area contributed by atoms with Crippen LogP contribution in [0.25, 0.3) is 11.0 Å². The fraction of sp³-hybridized carbons (Fsp3) is 0.429. The fourth-order valence-corrected chi connectivity index (χ4v) is 2.16. The van der Waals surface area contributed by atoms with E-state index in [1.165, 1.54) is 13.2 Å². The lowest BCUT2D eigenvalue weighted by Gasteiger charge is -2.24. The molecule has 0 amide bonds. The highest BCUT2D eigenvalue weighted by Gasteiger charge is 2.33. The minimum Gasteiger partial charge on any atom is -0.455 e. The van der Waals surface area contributed by atoms with Crippen molar-refractivity contribution in [3.63, 3.8) is 0 Å². The zero-order valence-corrected chi connectivity index (χ0v) is 10.9. The molecule has 5 heteroatoms. The van der Waals surface area contributed by atoms with Crippen molar-refractivity contribution in [1.29, 1.82) is 0 Å². The van der Waals surface area contributed by atoms with Gasteiger partial charge in [0.25, 0.3) is 0 Å². The second-order valence-electron chi connectivity index (χ2n) is 4.63. The molecule has 0 fully saturated rings. The number of hydrogen-bond donors (Lipinski definition) is 2. The van der Waals surface area contributed by atoms with Gasteiger partial charge in [0, 0.05) is 12.5 Å². The summed E-state index contributed by atoms with van der Waals surface area (Å²) in [7, 11) is 1.50. The lowest BCUT2D eigenvalue weighted by molar-refractivity contribution is -0.0568. The molecule has 0 aliphatic rings. The van der Waals surface area contributed by atoms with Gasteiger partial charge in [-0.05, 0) is 31.5 Å². The molecule has 104 valence electrons. The summed E-state index contributed by atoms with van der Waals surface area (Å²) in [5.41, 5.74) is 4.34. The van der Waals surface area contributed by atoms with Crippen molar-refractivity contribution < 1.29 is 18.7 Å². The van der Waals surface area contributed by atoms with Crippen LogP contribution < -0.4 is 5.73 Å². The van der Waals surface area contributed by atoms with Crippen LogP contribution in [0.5, 0.6) is 0 Å². The van der Waals surface area contributed by atoms with Crippen molar-refractivity contribution in [2.75, 3.05) is 20.3 Å². The van der Waals surface area contributed by atoms with Crippen LogP contribution in [0.2, 0.25) is 0 Å². The molecule has 3 N–H and O–H groups in total. The van der Waals surface area contributed by atoms with Crippen LogP contribution in [0.3, 0.4) is 0 Å². The van der Waals surface area contributed by atoms with E-state index in [0.717, 1.165) is 0 Å². The van der Waals surface area contributed by atoms with Gasteiger partial charge in [0.15, 0.2) is 11.4 Å². The van der Waals surface area contributed by atoms with Crippen LogP contribution in [0, 0.1) is 5.82 Å². The van der Waals surface area contributed by atoms with Crippen molar-refractivity contribution in [3.8, 4) is 0 Å². The van der Waals surface area contributed by atoms with Gasteiger partial charge in [0.05, 0.1) is 6.61 Å². The number of para-hydroxylation sites is 1. The zero-order valence-electron chi connectivity index (χ0n) is 10.9. The van der Waals surface area contributed by atoms with Crippen molar-refractivity contribution >= 4 is 11.0 Å². The average molecular weight is 267 g/mol. The van der Waals surface area contributed by atoms with Gasteiger partial charge in [0.2, 0.25) is 0 Å². The second kappa shape index (κ2) is 5.69. The van der Waals surface area contributed by atoms with Gasteiger partial charge in [-0.15, -0.1) is 0 Å². The van der Waals surface area contributed by atoms with E-state index in [1.54, 1.807) is 18.2 Å². The molecular weight excluding hydrogens is 249 g/mol. The molecule has 0 saturated heterocycles. The summed E-state index contributed by atoms with van der Waals surface area (Å²) in [5, 5.41) is 11.2. The monoisotopic (exact) mass is 267 g/mol. The van der Waals surface area contributed by atoms with Crippen LogP contribution in [0.15, 0.2) is 28.7 Å². The molecule has 19 heavy (non-hydrogen) atoms. The maximum absolute atomic E-state index is 13.6. The van der Waals surface area contributed by atoms with Crippen molar-refractivity contribution in [1.82, 2.24) is 0 Å². The normalized spacial score (nSPS) is 14.7. The maximum Gasteiger partial charge on any atom is 0.170 e. The Bertz CT molecular complexity index is 555. The lowest BCUT2D eigenvalue weighted by Crippen LogP contribution is -2.31. The molecule has 1 aromatic carbocycles. The van der Waals surface area contributed by atoms with Gasteiger partial charge in [-0.25, -0.2) is 4.39 Å². The lowest BCUT2D eigenvalue weighted by atomic mass is 9.95. The number of nitrogens with two attached hydrogens (primary N) is 1. The predicted molar refractivity (Wildman–Crippen MR) is 70.2 cm³/mol. The van der Waals surface area contributed by atoms with Crippen molar-refractivity contribution in [2.45, 2.75) is 18.4 Å². The fourth-order valence-electron chi connectivity index (χ4n) is 2.16. The summed E-state index contributed by atoms with van der Waals surface area (Å²) in [4.78, 5) is 0. The topological polar surface area (TPSA) is 68.6 Å². The SMILES string of the molecule is COCC(O)(CCCN)c1cc2cccc(F)c2o1. The molecule has 1 unspecified atom stereocenters. The molecule has 2 rings (SSSR count). The third kappa shape index (κ3) is 2.78. The highest BCUT2D eigenvalue weighted by atomic mass is 19.1. The average Bonchev–Trinajstić information content (AvgIpc) is 2.83. The van der Waals surface area contributed by atoms with Crippen LogP contribution in [0.4, 0.5) is 4.39 Å². The first kappa shape index (κ1) is 14.0. The number of furan rings is 1. The van der Waals surface area contributed by atoms with Gasteiger partial charge in [-0.2, -0.15) is 0 Å². The Morgan fingerprint density at radius 1 is 1.47 bits per heavy atom. The number of methoxy groups -OCH3 is 1. The molecule has 0 saturated carbocycles. The van der Waals surface area contributed by atoms with E-state index in [1.807, 2.05) is 0 Å². The molecule has 1 aromatic heterocycles. The molecule has 0 radical (unpaired) electrons. The summed E-state index contributed by atoms with van der Waals surface area (Å²) >= 11 is 0. The van der Waals surface area contributed by atoms with Gasteiger partial charge in [0.1, 0.15) is 11.4 Å². The molecular formula is C14H18FNO3. The second-order valence-corrected chi connectivity index (χ2v) is 4.63. The smallest absolute Gasteiger partial charge is 0.170 e. The zero-order chi connectivity index (χ0) is 13.9. The quantitative estimate of drug-likeness (QED) is 0.841. The van der Waals surface area contributed by atoms with Gasteiger partial charge in [-0.1, -0.05) is 12.1 Å². The molecule has 0 aliphatic carbocycles. The first-order valence-electron chi connectivity index (χ1n) is 6.20. The van der Waals surface area contributed by atoms with Crippen molar-refractivity contribution in [3.05, 3.63) is 35.8 Å². The minimum atomic E-state index is -1.28. The van der Waals surface area contributed by atoms with E-state index in [2.05, 4.69) is 0 Å². The Kier molecular flexibility index (Phi) is 4.19. The number of ether oxygens (including phenoxy) is 1. The predicted octanol–water partition coefficient (Wildman–Crippen LogP) is 2.14. The van der Waals surface area contributed by atoms with Crippen LogP contribution in [0.1, 0.15) is 18.6 Å². The van der Waals surface area contributed by atoms with E-state index < -0.39 is 11.4 Å². The first-order valence-corrected chi connectivity index (χ1v) is 6.20. The van der Waals surface area contributed by atoms with Gasteiger partial charge in [-0.3, -0.25) is 0 Å². The first-order chi connectivity index (χ1) is 9.10. The number of hydrogen-bond acceptors (Lipinski definition) is 4. The van der Waals surface area contributed by atoms with Crippen LogP contribution in [-0.2, 0) is 10.3 Å². The molecule has 0 bridgehead atoms. The maximum atomic E-state index is 13.6. The number of aliphatic hydroxyl groups is 1. The third-order valence-corrected chi connectivity index (χ3v) is 3.13. The van der Waals surface area contributed by atoms with E-state index in [4.69, 9.17) is 14.9 Å². The third-order valence-electron chi connectivity index (χ3n) is 3.13.